The van der Waals surface area contributed by atoms with Crippen LogP contribution in [0.25, 0.3) is 0 Å². The van der Waals surface area contributed by atoms with E-state index >= 15 is 0 Å². The van der Waals surface area contributed by atoms with Crippen LogP contribution in [0.2, 0.25) is 0 Å². The van der Waals surface area contributed by atoms with Crippen LogP contribution in [0.4, 0.5) is 0 Å². The average molecular weight is 286 g/mol. The van der Waals surface area contributed by atoms with E-state index in [9.17, 15) is 0 Å². The molecule has 1 rings (SSSR count). The van der Waals surface area contributed by atoms with Crippen molar-refractivity contribution in [3.63, 3.8) is 0 Å². The van der Waals surface area contributed by atoms with Crippen LogP contribution in [0.5, 0.6) is 0 Å². The van der Waals surface area contributed by atoms with Gasteiger partial charge in [-0.2, -0.15) is 0 Å². The molecule has 0 spiro atoms. The van der Waals surface area contributed by atoms with Gasteiger partial charge in [0.1, 0.15) is 0 Å². The third kappa shape index (κ3) is 3.85. The number of benzene rings is 1. The molecular weight excluding hydrogens is 273 g/mol. The summed E-state index contributed by atoms with van der Waals surface area (Å²) < 4.78 is 1.58. The standard InChI is InChI=1S/C10H12Cl3OP/c1-2-14-8-9-15(11,12,13)10-6-4-3-5-7-10/h3-9H,2H2,1H3. The SMILES string of the molecule is CCOC=CP(Cl)(Cl)(Cl)c1ccccc1. The predicted octanol–water partition coefficient (Wildman–Crippen LogP) is 4.83. The van der Waals surface area contributed by atoms with Gasteiger partial charge in [0.25, 0.3) is 0 Å². The van der Waals surface area contributed by atoms with Gasteiger partial charge in [-0.25, -0.2) is 0 Å². The summed E-state index contributed by atoms with van der Waals surface area (Å²) in [6.45, 7) is 2.43. The van der Waals surface area contributed by atoms with Crippen LogP contribution in [0.3, 0.4) is 0 Å². The van der Waals surface area contributed by atoms with Crippen molar-refractivity contribution in [3.8, 4) is 0 Å². The Kier molecular flexibility index (Phi) is 4.31. The number of hydrogen-bond acceptors (Lipinski definition) is 1. The first-order chi connectivity index (χ1) is 6.94. The molecule has 0 radical (unpaired) electrons. The topological polar surface area (TPSA) is 9.23 Å². The van der Waals surface area contributed by atoms with Crippen molar-refractivity contribution in [2.45, 2.75) is 6.92 Å². The van der Waals surface area contributed by atoms with Gasteiger partial charge in [-0.1, -0.05) is 0 Å². The molecule has 0 aromatic heterocycles. The molecule has 0 bridgehead atoms. The third-order valence-electron chi connectivity index (χ3n) is 1.77. The summed E-state index contributed by atoms with van der Waals surface area (Å²) >= 11 is 18.7. The van der Waals surface area contributed by atoms with Crippen molar-refractivity contribution in [2.75, 3.05) is 6.61 Å². The van der Waals surface area contributed by atoms with Gasteiger partial charge < -0.3 is 0 Å². The van der Waals surface area contributed by atoms with E-state index in [0.29, 0.717) is 11.9 Å². The number of ether oxygens (including phenoxy) is 1. The first-order valence-corrected chi connectivity index (χ1v) is 9.48. The Morgan fingerprint density at radius 2 is 1.80 bits per heavy atom. The van der Waals surface area contributed by atoms with E-state index in [1.54, 1.807) is 12.1 Å². The summed E-state index contributed by atoms with van der Waals surface area (Å²) in [5, 5.41) is 0.712. The quantitative estimate of drug-likeness (QED) is 0.568. The summed E-state index contributed by atoms with van der Waals surface area (Å²) in [5.74, 6) is 1.54. The first kappa shape index (κ1) is 13.1. The minimum atomic E-state index is -3.48. The molecule has 0 amide bonds. The van der Waals surface area contributed by atoms with Crippen molar-refractivity contribution in [2.24, 2.45) is 0 Å². The molecule has 1 nitrogen and oxygen atoms in total. The molecule has 0 aliphatic carbocycles. The zero-order chi connectivity index (χ0) is 11.4. The van der Waals surface area contributed by atoms with Crippen LogP contribution in [0.1, 0.15) is 6.92 Å². The van der Waals surface area contributed by atoms with Gasteiger partial charge in [-0.15, -0.1) is 0 Å². The molecule has 0 saturated heterocycles. The van der Waals surface area contributed by atoms with Crippen LogP contribution in [-0.2, 0) is 4.74 Å². The molecule has 1 aromatic carbocycles. The van der Waals surface area contributed by atoms with E-state index in [1.165, 1.54) is 12.1 Å². The van der Waals surface area contributed by atoms with Crippen molar-refractivity contribution < 1.29 is 4.74 Å². The monoisotopic (exact) mass is 284 g/mol. The normalized spacial score (nSPS) is 14.8. The molecule has 5 heteroatoms. The molecule has 0 unspecified atom stereocenters. The van der Waals surface area contributed by atoms with E-state index in [4.69, 9.17) is 38.5 Å². The second-order valence-corrected chi connectivity index (χ2v) is 13.4. The fourth-order valence-electron chi connectivity index (χ4n) is 1.01. The van der Waals surface area contributed by atoms with Crippen LogP contribution in [0.15, 0.2) is 42.4 Å². The zero-order valence-electron chi connectivity index (χ0n) is 8.24. The van der Waals surface area contributed by atoms with E-state index < -0.39 is 4.66 Å². The summed E-state index contributed by atoms with van der Waals surface area (Å²) in [7, 11) is 0. The summed E-state index contributed by atoms with van der Waals surface area (Å²) in [4.78, 5) is 0. The van der Waals surface area contributed by atoms with E-state index in [2.05, 4.69) is 0 Å². The molecular formula is C10H12Cl3OP. The Labute approximate surface area is 104 Å². The number of rotatable bonds is 4. The molecule has 15 heavy (non-hydrogen) atoms. The van der Waals surface area contributed by atoms with Crippen molar-refractivity contribution in [1.82, 2.24) is 0 Å². The van der Waals surface area contributed by atoms with Crippen LogP contribution >= 0.6 is 38.4 Å². The van der Waals surface area contributed by atoms with E-state index in [0.717, 1.165) is 0 Å². The van der Waals surface area contributed by atoms with Crippen molar-refractivity contribution in [3.05, 3.63) is 42.4 Å². The Morgan fingerprint density at radius 3 is 2.33 bits per heavy atom. The number of halogens is 3. The average Bonchev–Trinajstić information content (AvgIpc) is 2.19. The second kappa shape index (κ2) is 4.93. The predicted molar refractivity (Wildman–Crippen MR) is 71.3 cm³/mol. The van der Waals surface area contributed by atoms with Gasteiger partial charge >= 0.3 is 104 Å². The molecule has 0 heterocycles. The molecule has 0 saturated carbocycles. The van der Waals surface area contributed by atoms with Gasteiger partial charge in [-0.05, 0) is 0 Å². The molecule has 0 N–H and O–H groups in total. The maximum absolute atomic E-state index is 6.25. The van der Waals surface area contributed by atoms with Gasteiger partial charge in [-0.3, -0.25) is 0 Å². The summed E-state index contributed by atoms with van der Waals surface area (Å²) in [6, 6.07) is 9.19. The minimum absolute atomic E-state index is 0.558. The van der Waals surface area contributed by atoms with Gasteiger partial charge in [0, 0.05) is 0 Å². The summed E-state index contributed by atoms with van der Waals surface area (Å²) in [5.41, 5.74) is 0. The van der Waals surface area contributed by atoms with Crippen molar-refractivity contribution in [1.29, 1.82) is 0 Å². The molecule has 0 aliphatic heterocycles. The fourth-order valence-corrected chi connectivity index (χ4v) is 3.58. The Morgan fingerprint density at radius 1 is 1.20 bits per heavy atom. The first-order valence-electron chi connectivity index (χ1n) is 4.46. The van der Waals surface area contributed by atoms with Gasteiger partial charge in [0.2, 0.25) is 0 Å². The van der Waals surface area contributed by atoms with E-state index in [1.807, 2.05) is 25.1 Å². The summed E-state index contributed by atoms with van der Waals surface area (Å²) in [6.07, 6.45) is 1.46. The molecule has 0 aliphatic rings. The van der Waals surface area contributed by atoms with Crippen molar-refractivity contribution >= 4 is 43.7 Å². The fraction of sp³-hybridized carbons (Fsp3) is 0.200. The van der Waals surface area contributed by atoms with E-state index in [-0.39, 0.29) is 0 Å². The third-order valence-corrected chi connectivity index (χ3v) is 6.33. The maximum atomic E-state index is 6.25. The Balaban J connectivity index is 2.98. The van der Waals surface area contributed by atoms with Crippen LogP contribution < -0.4 is 5.30 Å². The molecule has 1 aromatic rings. The molecule has 0 atom stereocenters. The van der Waals surface area contributed by atoms with Crippen LogP contribution in [0, 0.1) is 0 Å². The Hall–Kier alpha value is 0.0600. The second-order valence-electron chi connectivity index (χ2n) is 2.94. The number of hydrogen-bond donors (Lipinski definition) is 0. The van der Waals surface area contributed by atoms with Crippen LogP contribution in [-0.4, -0.2) is 6.61 Å². The van der Waals surface area contributed by atoms with Gasteiger partial charge in [0.05, 0.1) is 0 Å². The Bertz CT molecular complexity index is 343. The molecule has 0 fully saturated rings. The van der Waals surface area contributed by atoms with Gasteiger partial charge in [0.15, 0.2) is 0 Å². The molecule has 84 valence electrons. The zero-order valence-corrected chi connectivity index (χ0v) is 11.4.